The van der Waals surface area contributed by atoms with Crippen LogP contribution in [0.4, 0.5) is 23.7 Å². The monoisotopic (exact) mass is 414 g/mol. The highest BCUT2D eigenvalue weighted by atomic mass is 19.4. The van der Waals surface area contributed by atoms with Gasteiger partial charge in [-0.2, -0.15) is 13.2 Å². The van der Waals surface area contributed by atoms with Crippen LogP contribution in [0.5, 0.6) is 0 Å². The molecule has 10 heteroatoms. The molecule has 30 heavy (non-hydrogen) atoms. The summed E-state index contributed by atoms with van der Waals surface area (Å²) in [6, 6.07) is 9.66. The number of hydrogen-bond acceptors (Lipinski definition) is 3. The first kappa shape index (κ1) is 19.5. The number of aromatic amines is 1. The van der Waals surface area contributed by atoms with Crippen molar-refractivity contribution in [3.63, 3.8) is 0 Å². The van der Waals surface area contributed by atoms with Crippen molar-refractivity contribution in [3.8, 4) is 22.6 Å². The normalized spacial score (nSPS) is 11.6. The van der Waals surface area contributed by atoms with Crippen LogP contribution in [-0.2, 0) is 0 Å². The maximum absolute atomic E-state index is 12.2. The lowest BCUT2D eigenvalue weighted by atomic mass is 10.1. The van der Waals surface area contributed by atoms with E-state index in [2.05, 4.69) is 20.3 Å². The summed E-state index contributed by atoms with van der Waals surface area (Å²) >= 11 is 0. The summed E-state index contributed by atoms with van der Waals surface area (Å²) in [7, 11) is 0. The number of pyridine rings is 1. The van der Waals surface area contributed by atoms with Gasteiger partial charge in [-0.05, 0) is 31.2 Å². The number of urea groups is 1. The number of fused-ring (bicyclic) bond motifs is 1. The third kappa shape index (κ3) is 4.27. The molecule has 0 saturated carbocycles. The molecule has 0 aliphatic heterocycles. The number of H-pyrrole nitrogens is 1. The second kappa shape index (κ2) is 7.54. The minimum Gasteiger partial charge on any atom is -0.342 e. The van der Waals surface area contributed by atoms with Crippen LogP contribution in [0.2, 0.25) is 0 Å². The molecule has 0 aliphatic rings. The van der Waals surface area contributed by atoms with Crippen LogP contribution in [0, 0.1) is 6.92 Å². The molecule has 0 fully saturated rings. The van der Waals surface area contributed by atoms with Gasteiger partial charge in [-0.3, -0.25) is 4.40 Å². The molecule has 0 radical (unpaired) electrons. The molecule has 154 valence electrons. The Balaban J connectivity index is 1.57. The van der Waals surface area contributed by atoms with E-state index in [1.807, 2.05) is 35.7 Å². The number of aromatic nitrogens is 4. The molecule has 3 aromatic heterocycles. The van der Waals surface area contributed by atoms with Gasteiger partial charge in [0, 0.05) is 34.9 Å². The number of hydrogen-bond donors (Lipinski definition) is 3. The van der Waals surface area contributed by atoms with E-state index in [0.717, 1.165) is 28.3 Å². The van der Waals surface area contributed by atoms with Crippen molar-refractivity contribution >= 4 is 17.4 Å². The lowest BCUT2D eigenvalue weighted by Gasteiger charge is -2.11. The number of rotatable bonds is 4. The molecule has 3 N–H and O–H groups in total. The van der Waals surface area contributed by atoms with Gasteiger partial charge < -0.3 is 15.6 Å². The van der Waals surface area contributed by atoms with Gasteiger partial charge in [-0.25, -0.2) is 14.8 Å². The van der Waals surface area contributed by atoms with E-state index in [4.69, 9.17) is 0 Å². The van der Waals surface area contributed by atoms with Gasteiger partial charge in [-0.15, -0.1) is 0 Å². The van der Waals surface area contributed by atoms with E-state index in [9.17, 15) is 18.0 Å². The molecule has 4 rings (SSSR count). The second-order valence-corrected chi connectivity index (χ2v) is 6.71. The molecule has 0 saturated heterocycles. The lowest BCUT2D eigenvalue weighted by Crippen LogP contribution is -2.36. The third-order valence-electron chi connectivity index (χ3n) is 4.36. The quantitative estimate of drug-likeness (QED) is 0.463. The van der Waals surface area contributed by atoms with Gasteiger partial charge >= 0.3 is 12.2 Å². The van der Waals surface area contributed by atoms with E-state index in [1.54, 1.807) is 35.9 Å². The summed E-state index contributed by atoms with van der Waals surface area (Å²) in [5, 5.41) is 4.18. The zero-order chi connectivity index (χ0) is 21.3. The second-order valence-electron chi connectivity index (χ2n) is 6.71. The summed E-state index contributed by atoms with van der Waals surface area (Å²) in [6.45, 7) is 0.524. The van der Waals surface area contributed by atoms with Gasteiger partial charge in [0.1, 0.15) is 18.0 Å². The molecule has 0 unspecified atom stereocenters. The van der Waals surface area contributed by atoms with Crippen molar-refractivity contribution in [1.29, 1.82) is 0 Å². The summed E-state index contributed by atoms with van der Waals surface area (Å²) in [5.74, 6) is 0.746. The maximum atomic E-state index is 12.2. The van der Waals surface area contributed by atoms with Crippen molar-refractivity contribution < 1.29 is 18.0 Å². The first-order chi connectivity index (χ1) is 14.3. The van der Waals surface area contributed by atoms with Gasteiger partial charge in [0.05, 0.1) is 11.9 Å². The average molecular weight is 414 g/mol. The van der Waals surface area contributed by atoms with Gasteiger partial charge in [-0.1, -0.05) is 12.1 Å². The highest BCUT2D eigenvalue weighted by molar-refractivity contribution is 5.90. The first-order valence-electron chi connectivity index (χ1n) is 9.00. The van der Waals surface area contributed by atoms with Gasteiger partial charge in [0.25, 0.3) is 0 Å². The van der Waals surface area contributed by atoms with E-state index in [0.29, 0.717) is 11.3 Å². The predicted molar refractivity (Wildman–Crippen MR) is 106 cm³/mol. The minimum absolute atomic E-state index is 0.366. The maximum Gasteiger partial charge on any atom is 0.405 e. The highest BCUT2D eigenvalue weighted by Gasteiger charge is 2.27. The SMILES string of the molecule is Cc1cnc(-c2ccn3c(-c4cccc(NC(=O)NCC(F)(F)F)c4)cnc3c2)[nH]1. The van der Waals surface area contributed by atoms with Crippen LogP contribution in [0.15, 0.2) is 55.0 Å². The van der Waals surface area contributed by atoms with Gasteiger partial charge in [0.2, 0.25) is 0 Å². The van der Waals surface area contributed by atoms with Crippen LogP contribution in [-0.4, -0.2) is 38.1 Å². The lowest BCUT2D eigenvalue weighted by molar-refractivity contribution is -0.122. The van der Waals surface area contributed by atoms with Gasteiger partial charge in [0.15, 0.2) is 0 Å². The number of anilines is 1. The molecule has 7 nitrogen and oxygen atoms in total. The Morgan fingerprint density at radius 2 is 1.97 bits per heavy atom. The minimum atomic E-state index is -4.47. The fraction of sp³-hybridized carbons (Fsp3) is 0.150. The van der Waals surface area contributed by atoms with E-state index >= 15 is 0 Å². The van der Waals surface area contributed by atoms with Crippen LogP contribution in [0.1, 0.15) is 5.69 Å². The fourth-order valence-corrected chi connectivity index (χ4v) is 3.01. The molecule has 0 aliphatic carbocycles. The Bertz CT molecular complexity index is 1210. The van der Waals surface area contributed by atoms with Crippen molar-refractivity contribution in [2.45, 2.75) is 13.1 Å². The molecular weight excluding hydrogens is 397 g/mol. The number of nitrogens with zero attached hydrogens (tertiary/aromatic N) is 3. The number of amides is 2. The van der Waals surface area contributed by atoms with Crippen molar-refractivity contribution in [1.82, 2.24) is 24.7 Å². The summed E-state index contributed by atoms with van der Waals surface area (Å²) < 4.78 is 38.6. The molecule has 0 atom stereocenters. The number of imidazole rings is 2. The Morgan fingerprint density at radius 1 is 1.13 bits per heavy atom. The average Bonchev–Trinajstić information content (AvgIpc) is 3.32. The summed E-state index contributed by atoms with van der Waals surface area (Å²) in [5.41, 5.74) is 4.44. The Labute approximate surface area is 169 Å². The Hall–Kier alpha value is -3.82. The van der Waals surface area contributed by atoms with Crippen LogP contribution < -0.4 is 10.6 Å². The van der Waals surface area contributed by atoms with E-state index in [1.165, 1.54) is 0 Å². The molecule has 3 heterocycles. The number of nitrogens with one attached hydrogen (secondary N) is 3. The topological polar surface area (TPSA) is 87.1 Å². The molecule has 1 aromatic carbocycles. The van der Waals surface area contributed by atoms with Crippen molar-refractivity contribution in [2.24, 2.45) is 0 Å². The number of carbonyl (C=O) groups excluding carboxylic acids is 1. The number of carbonyl (C=O) groups is 1. The molecule has 0 spiro atoms. The fourth-order valence-electron chi connectivity index (χ4n) is 3.01. The standard InChI is InChI=1S/C20H17F3N6O/c1-12-9-25-18(27-12)14-5-6-29-16(10-24-17(29)8-14)13-3-2-4-15(7-13)28-19(30)26-11-20(21,22)23/h2-10H,11H2,1H3,(H,25,27)(H2,26,28,30). The van der Waals surface area contributed by atoms with Crippen molar-refractivity contribution in [3.05, 3.63) is 60.7 Å². The van der Waals surface area contributed by atoms with Crippen LogP contribution in [0.25, 0.3) is 28.3 Å². The largest absolute Gasteiger partial charge is 0.405 e. The van der Waals surface area contributed by atoms with Crippen molar-refractivity contribution in [2.75, 3.05) is 11.9 Å². The molecule has 0 bridgehead atoms. The smallest absolute Gasteiger partial charge is 0.342 e. The molecule has 2 amide bonds. The van der Waals surface area contributed by atoms with Crippen LogP contribution in [0.3, 0.4) is 0 Å². The first-order valence-corrected chi connectivity index (χ1v) is 9.00. The highest BCUT2D eigenvalue weighted by Crippen LogP contribution is 2.26. The summed E-state index contributed by atoms with van der Waals surface area (Å²) in [6.07, 6.45) is 0.832. The molecular formula is C20H17F3N6O. The Morgan fingerprint density at radius 3 is 2.70 bits per heavy atom. The number of aryl methyl sites for hydroxylation is 1. The zero-order valence-corrected chi connectivity index (χ0v) is 15.8. The molecule has 4 aromatic rings. The van der Waals surface area contributed by atoms with E-state index in [-0.39, 0.29) is 0 Å². The predicted octanol–water partition coefficient (Wildman–Crippen LogP) is 4.38. The number of alkyl halides is 3. The Kier molecular flexibility index (Phi) is 4.90. The van der Waals surface area contributed by atoms with E-state index < -0.39 is 18.8 Å². The van der Waals surface area contributed by atoms with Crippen LogP contribution >= 0.6 is 0 Å². The zero-order valence-electron chi connectivity index (χ0n) is 15.8. The summed E-state index contributed by atoms with van der Waals surface area (Å²) in [4.78, 5) is 23.6. The third-order valence-corrected chi connectivity index (χ3v) is 4.36. The number of halogens is 3. The number of benzene rings is 1.